The van der Waals surface area contributed by atoms with Crippen molar-refractivity contribution in [2.24, 2.45) is 0 Å². The van der Waals surface area contributed by atoms with Crippen molar-refractivity contribution in [1.82, 2.24) is 9.88 Å². The molecule has 0 saturated heterocycles. The smallest absolute Gasteiger partial charge is 0.0271 e. The molecule has 0 bridgehead atoms. The number of hydrogen-bond acceptors (Lipinski definition) is 2. The molecule has 1 heterocycles. The molecule has 0 radical (unpaired) electrons. The van der Waals surface area contributed by atoms with Gasteiger partial charge in [-0.3, -0.25) is 9.88 Å². The van der Waals surface area contributed by atoms with E-state index in [0.29, 0.717) is 0 Å². The molecule has 1 aliphatic carbocycles. The first kappa shape index (κ1) is 13.0. The van der Waals surface area contributed by atoms with E-state index in [1.54, 1.807) is 0 Å². The molecule has 0 amide bonds. The van der Waals surface area contributed by atoms with Crippen molar-refractivity contribution >= 4 is 15.9 Å². The van der Waals surface area contributed by atoms with Crippen molar-refractivity contribution in [3.63, 3.8) is 0 Å². The van der Waals surface area contributed by atoms with Crippen LogP contribution in [0, 0.1) is 0 Å². The molecule has 1 aliphatic rings. The summed E-state index contributed by atoms with van der Waals surface area (Å²) < 4.78 is 0. The van der Waals surface area contributed by atoms with Crippen LogP contribution in [0.15, 0.2) is 24.5 Å². The summed E-state index contributed by atoms with van der Waals surface area (Å²) >= 11 is 3.58. The van der Waals surface area contributed by atoms with Crippen LogP contribution in [0.4, 0.5) is 0 Å². The molecule has 1 aromatic rings. The van der Waals surface area contributed by atoms with Crippen molar-refractivity contribution in [3.8, 4) is 0 Å². The molecule has 3 heteroatoms. The highest BCUT2D eigenvalue weighted by atomic mass is 79.9. The first-order valence-electron chi connectivity index (χ1n) is 6.59. The van der Waals surface area contributed by atoms with Crippen LogP contribution < -0.4 is 0 Å². The van der Waals surface area contributed by atoms with Crippen molar-refractivity contribution in [1.29, 1.82) is 0 Å². The van der Waals surface area contributed by atoms with Crippen LogP contribution in [0.1, 0.15) is 37.7 Å². The molecular formula is C14H21BrN2. The van der Waals surface area contributed by atoms with Gasteiger partial charge >= 0.3 is 0 Å². The minimum absolute atomic E-state index is 0.787. The summed E-state index contributed by atoms with van der Waals surface area (Å²) in [4.78, 5) is 6.71. The zero-order valence-electron chi connectivity index (χ0n) is 10.3. The summed E-state index contributed by atoms with van der Waals surface area (Å²) in [6.45, 7) is 2.21. The molecule has 1 aromatic heterocycles. The number of pyridine rings is 1. The predicted octanol–water partition coefficient (Wildman–Crippen LogP) is 3.61. The molecule has 0 N–H and O–H groups in total. The fraction of sp³-hybridized carbons (Fsp3) is 0.643. The summed E-state index contributed by atoms with van der Waals surface area (Å²) in [5.74, 6) is 0. The van der Waals surface area contributed by atoms with Crippen LogP contribution in [0.5, 0.6) is 0 Å². The van der Waals surface area contributed by atoms with Crippen LogP contribution >= 0.6 is 15.9 Å². The maximum atomic E-state index is 4.08. The van der Waals surface area contributed by atoms with Crippen molar-refractivity contribution < 1.29 is 0 Å². The molecule has 0 aliphatic heterocycles. The van der Waals surface area contributed by atoms with Gasteiger partial charge in [-0.05, 0) is 30.5 Å². The van der Waals surface area contributed by atoms with Gasteiger partial charge in [0.15, 0.2) is 0 Å². The Morgan fingerprint density at radius 1 is 1.18 bits per heavy atom. The van der Waals surface area contributed by atoms with Gasteiger partial charge < -0.3 is 0 Å². The highest BCUT2D eigenvalue weighted by Crippen LogP contribution is 2.23. The monoisotopic (exact) mass is 296 g/mol. The highest BCUT2D eigenvalue weighted by molar-refractivity contribution is 9.09. The largest absolute Gasteiger partial charge is 0.295 e. The van der Waals surface area contributed by atoms with Crippen molar-refractivity contribution in [3.05, 3.63) is 30.1 Å². The van der Waals surface area contributed by atoms with Crippen LogP contribution in [0.2, 0.25) is 0 Å². The topological polar surface area (TPSA) is 16.1 Å². The molecule has 1 fully saturated rings. The second kappa shape index (κ2) is 7.12. The van der Waals surface area contributed by atoms with E-state index in [1.165, 1.54) is 37.7 Å². The summed E-state index contributed by atoms with van der Waals surface area (Å²) in [6.07, 6.45) is 10.8. The van der Waals surface area contributed by atoms with E-state index in [9.17, 15) is 0 Å². The minimum Gasteiger partial charge on any atom is -0.295 e. The minimum atomic E-state index is 0.787. The zero-order chi connectivity index (χ0) is 11.9. The van der Waals surface area contributed by atoms with Gasteiger partial charge in [0, 0.05) is 36.9 Å². The normalized spacial score (nSPS) is 17.5. The van der Waals surface area contributed by atoms with E-state index in [1.807, 2.05) is 12.4 Å². The van der Waals surface area contributed by atoms with E-state index in [2.05, 4.69) is 37.9 Å². The summed E-state index contributed by atoms with van der Waals surface area (Å²) in [5.41, 5.74) is 1.38. The van der Waals surface area contributed by atoms with Crippen LogP contribution in [0.3, 0.4) is 0 Å². The second-order valence-corrected chi connectivity index (χ2v) is 5.60. The number of hydrogen-bond donors (Lipinski definition) is 0. The summed E-state index contributed by atoms with van der Waals surface area (Å²) in [5, 5.41) is 1.06. The van der Waals surface area contributed by atoms with Gasteiger partial charge in [0.05, 0.1) is 0 Å². The predicted molar refractivity (Wildman–Crippen MR) is 75.3 cm³/mol. The van der Waals surface area contributed by atoms with Gasteiger partial charge in [0.25, 0.3) is 0 Å². The van der Waals surface area contributed by atoms with Crippen LogP contribution in [0.25, 0.3) is 0 Å². The molecule has 0 spiro atoms. The van der Waals surface area contributed by atoms with Crippen LogP contribution in [-0.4, -0.2) is 27.8 Å². The van der Waals surface area contributed by atoms with Gasteiger partial charge in [-0.2, -0.15) is 0 Å². The number of alkyl halides is 1. The third-order valence-corrected chi connectivity index (χ3v) is 3.95. The molecule has 1 saturated carbocycles. The van der Waals surface area contributed by atoms with Gasteiger partial charge in [-0.25, -0.2) is 0 Å². The van der Waals surface area contributed by atoms with Gasteiger partial charge in [0.1, 0.15) is 0 Å². The Bertz CT molecular complexity index is 309. The molecule has 2 nitrogen and oxygen atoms in total. The molecule has 0 aromatic carbocycles. The fourth-order valence-corrected chi connectivity index (χ4v) is 3.12. The first-order valence-corrected chi connectivity index (χ1v) is 7.71. The third kappa shape index (κ3) is 4.07. The fourth-order valence-electron chi connectivity index (χ4n) is 2.67. The van der Waals surface area contributed by atoms with Gasteiger partial charge in [0.2, 0.25) is 0 Å². The first-order chi connectivity index (χ1) is 8.40. The Kier molecular flexibility index (Phi) is 5.46. The molecular weight excluding hydrogens is 276 g/mol. The van der Waals surface area contributed by atoms with Gasteiger partial charge in [-0.15, -0.1) is 0 Å². The second-order valence-electron chi connectivity index (χ2n) is 4.81. The average molecular weight is 297 g/mol. The lowest BCUT2D eigenvalue weighted by Gasteiger charge is -2.34. The lowest BCUT2D eigenvalue weighted by Crippen LogP contribution is -2.37. The average Bonchev–Trinajstić information content (AvgIpc) is 2.40. The molecule has 0 unspecified atom stereocenters. The number of aromatic nitrogens is 1. The van der Waals surface area contributed by atoms with Crippen molar-refractivity contribution in [2.75, 3.05) is 11.9 Å². The standard InChI is InChI=1S/C14H21BrN2/c15-8-11-17(14-4-2-1-3-5-14)12-13-6-9-16-10-7-13/h6-7,9-10,14H,1-5,8,11-12H2. The number of halogens is 1. The summed E-state index contributed by atoms with van der Waals surface area (Å²) in [6, 6.07) is 5.04. The maximum Gasteiger partial charge on any atom is 0.0271 e. The van der Waals surface area contributed by atoms with Crippen molar-refractivity contribution in [2.45, 2.75) is 44.7 Å². The van der Waals surface area contributed by atoms with E-state index in [4.69, 9.17) is 0 Å². The number of rotatable bonds is 5. The van der Waals surface area contributed by atoms with E-state index in [0.717, 1.165) is 24.5 Å². The Labute approximate surface area is 113 Å². The SMILES string of the molecule is BrCCN(Cc1ccncc1)C1CCCCC1. The maximum absolute atomic E-state index is 4.08. The van der Waals surface area contributed by atoms with E-state index < -0.39 is 0 Å². The highest BCUT2D eigenvalue weighted by Gasteiger charge is 2.20. The quantitative estimate of drug-likeness (QED) is 0.772. The third-order valence-electron chi connectivity index (χ3n) is 3.60. The lowest BCUT2D eigenvalue weighted by molar-refractivity contribution is 0.158. The molecule has 2 rings (SSSR count). The van der Waals surface area contributed by atoms with E-state index >= 15 is 0 Å². The molecule has 0 atom stereocenters. The zero-order valence-corrected chi connectivity index (χ0v) is 11.9. The van der Waals surface area contributed by atoms with Gasteiger partial charge in [-0.1, -0.05) is 35.2 Å². The Hall–Kier alpha value is -0.410. The lowest BCUT2D eigenvalue weighted by atomic mass is 9.94. The Balaban J connectivity index is 1.96. The molecule has 17 heavy (non-hydrogen) atoms. The Morgan fingerprint density at radius 2 is 1.88 bits per heavy atom. The Morgan fingerprint density at radius 3 is 2.53 bits per heavy atom. The number of nitrogens with zero attached hydrogens (tertiary/aromatic N) is 2. The van der Waals surface area contributed by atoms with Crippen LogP contribution in [-0.2, 0) is 6.54 Å². The molecule has 94 valence electrons. The van der Waals surface area contributed by atoms with E-state index in [-0.39, 0.29) is 0 Å². The summed E-state index contributed by atoms with van der Waals surface area (Å²) in [7, 11) is 0.